The molecule has 1 atom stereocenters. The van der Waals surface area contributed by atoms with Gasteiger partial charge in [0.05, 0.1) is 18.1 Å². The van der Waals surface area contributed by atoms with Crippen molar-refractivity contribution in [1.29, 1.82) is 0 Å². The predicted octanol–water partition coefficient (Wildman–Crippen LogP) is 0.0699. The maximum atomic E-state index is 12.7. The molecule has 0 radical (unpaired) electrons. The van der Waals surface area contributed by atoms with Gasteiger partial charge >= 0.3 is 6.96 Å². The smallest absolute Gasteiger partial charge is 0.620 e. The Morgan fingerprint density at radius 1 is 1.09 bits per heavy atom. The number of nitrogens with zero attached hydrogens (tertiary/aromatic N) is 5. The van der Waals surface area contributed by atoms with Gasteiger partial charge in [-0.15, -0.1) is 0 Å². The summed E-state index contributed by atoms with van der Waals surface area (Å²) in [7, 11) is -3.83. The molecular weight excluding hydrogens is 453 g/mol. The van der Waals surface area contributed by atoms with Crippen LogP contribution in [-0.2, 0) is 25.8 Å². The molecule has 14 heteroatoms. The molecule has 0 amide bonds. The van der Waals surface area contributed by atoms with Crippen LogP contribution in [0.2, 0.25) is 0 Å². The van der Waals surface area contributed by atoms with Crippen LogP contribution in [0.25, 0.3) is 16.8 Å². The molecule has 4 rings (SSSR count). The zero-order valence-corrected chi connectivity index (χ0v) is 18.6. The van der Waals surface area contributed by atoms with Gasteiger partial charge in [0, 0.05) is 25.1 Å². The van der Waals surface area contributed by atoms with Gasteiger partial charge in [0.2, 0.25) is 0 Å². The van der Waals surface area contributed by atoms with Gasteiger partial charge in [-0.3, -0.25) is 4.79 Å². The van der Waals surface area contributed by atoms with Crippen LogP contribution in [0, 0.1) is 0 Å². The Balaban J connectivity index is 1.53. The lowest BCUT2D eigenvalue weighted by Crippen LogP contribution is -2.48. The highest BCUT2D eigenvalue weighted by Gasteiger charge is 2.48. The Bertz CT molecular complexity index is 1350. The summed E-state index contributed by atoms with van der Waals surface area (Å²) < 4.78 is 33.6. The summed E-state index contributed by atoms with van der Waals surface area (Å²) in [4.78, 5) is 14.2. The second-order valence-corrected chi connectivity index (χ2v) is 10.3. The predicted molar refractivity (Wildman–Crippen MR) is 119 cm³/mol. The molecule has 1 unspecified atom stereocenters. The molecule has 3 heterocycles. The van der Waals surface area contributed by atoms with Gasteiger partial charge < -0.3 is 24.0 Å². The molecule has 174 valence electrons. The number of sulfone groups is 1. The molecule has 0 spiro atoms. The molecule has 1 aliphatic rings. The highest BCUT2D eigenvalue weighted by molar-refractivity contribution is 7.92. The van der Waals surface area contributed by atoms with Crippen LogP contribution < -0.4 is 5.56 Å². The summed E-state index contributed by atoms with van der Waals surface area (Å²) in [5.74, 6) is -0.480. The van der Waals surface area contributed by atoms with E-state index in [-0.39, 0.29) is 18.5 Å². The van der Waals surface area contributed by atoms with E-state index in [0.29, 0.717) is 5.56 Å². The fourth-order valence-corrected chi connectivity index (χ4v) is 4.18. The van der Waals surface area contributed by atoms with E-state index in [1.165, 1.54) is 22.4 Å². The van der Waals surface area contributed by atoms with Crippen LogP contribution in [0.3, 0.4) is 0 Å². The van der Waals surface area contributed by atoms with E-state index in [9.17, 15) is 23.3 Å². The van der Waals surface area contributed by atoms with Crippen LogP contribution in [0.4, 0.5) is 0 Å². The molecule has 0 aliphatic carbocycles. The van der Waals surface area contributed by atoms with Crippen LogP contribution in [0.5, 0.6) is 0 Å². The number of pyridine rings is 1. The van der Waals surface area contributed by atoms with Gasteiger partial charge in [-0.1, -0.05) is 17.3 Å². The lowest BCUT2D eigenvalue weighted by Gasteiger charge is -2.30. The van der Waals surface area contributed by atoms with Crippen molar-refractivity contribution in [2.45, 2.75) is 24.6 Å². The number of hydrogen-bond acceptors (Lipinski definition) is 10. The molecule has 3 aromatic rings. The quantitative estimate of drug-likeness (QED) is 0.452. The summed E-state index contributed by atoms with van der Waals surface area (Å²) in [6, 6.07) is 10.5. The van der Waals surface area contributed by atoms with E-state index in [1.54, 1.807) is 24.7 Å². The summed E-state index contributed by atoms with van der Waals surface area (Å²) in [5, 5.41) is 30.4. The van der Waals surface area contributed by atoms with Crippen molar-refractivity contribution in [2.75, 3.05) is 6.26 Å². The number of hydrogen-bond donors (Lipinski definition) is 2. The lowest BCUT2D eigenvalue weighted by molar-refractivity contribution is 0.102. The monoisotopic (exact) mass is 474 g/mol. The first-order chi connectivity index (χ1) is 15.5. The van der Waals surface area contributed by atoms with Crippen molar-refractivity contribution in [3.05, 3.63) is 65.3 Å². The Morgan fingerprint density at radius 3 is 2.30 bits per heavy atom. The molecule has 1 aliphatic heterocycles. The van der Waals surface area contributed by atoms with Crippen LogP contribution in [-0.4, -0.2) is 61.9 Å². The SMILES string of the molecule is CC(CCn1ccc(-c2ccc(-n3nccn3)cc2)cc1=O)(C1=NO[B-](O)(O)O1)S(C)(=O)=O. The highest BCUT2D eigenvalue weighted by Crippen LogP contribution is 2.29. The van der Waals surface area contributed by atoms with Crippen molar-refractivity contribution in [3.8, 4) is 16.8 Å². The molecule has 2 N–H and O–H groups in total. The number of rotatable bonds is 7. The third-order valence-electron chi connectivity index (χ3n) is 5.49. The van der Waals surface area contributed by atoms with Gasteiger partial charge in [0.15, 0.2) is 15.7 Å². The van der Waals surface area contributed by atoms with Gasteiger partial charge in [0.25, 0.3) is 5.56 Å². The summed E-state index contributed by atoms with van der Waals surface area (Å²) in [5.41, 5.74) is 1.93. The summed E-state index contributed by atoms with van der Waals surface area (Å²) in [6.45, 7) is -2.38. The van der Waals surface area contributed by atoms with Crippen LogP contribution in [0.1, 0.15) is 13.3 Å². The fourth-order valence-electron chi connectivity index (χ4n) is 3.32. The molecular formula is C19H21BN5O7S-. The summed E-state index contributed by atoms with van der Waals surface area (Å²) in [6.07, 6.45) is 5.56. The molecule has 1 aromatic carbocycles. The standard InChI is InChI=1S/C19H21BN5O7S/c1-19(33(2,29)30,18-23-32-20(27,28)31-18)8-12-24-11-7-15(13-17(24)26)14-3-5-16(6-4-14)25-21-9-10-22-25/h3-7,9-11,13,27-28H,8,12H2,1-2H3/q-1. The van der Waals surface area contributed by atoms with Gasteiger partial charge in [-0.2, -0.15) is 15.0 Å². The number of aryl methyl sites for hydroxylation is 1. The Labute approximate surface area is 188 Å². The normalized spacial score (nSPS) is 17.0. The minimum Gasteiger partial charge on any atom is -0.620 e. The number of oxime groups is 1. The van der Waals surface area contributed by atoms with Gasteiger partial charge in [-0.05, 0) is 42.7 Å². The summed E-state index contributed by atoms with van der Waals surface area (Å²) >= 11 is 0. The topological polar surface area (TPSA) is 158 Å². The van der Waals surface area contributed by atoms with E-state index < -0.39 is 27.4 Å². The van der Waals surface area contributed by atoms with Crippen molar-refractivity contribution in [3.63, 3.8) is 0 Å². The van der Waals surface area contributed by atoms with E-state index in [0.717, 1.165) is 17.5 Å². The molecule has 0 bridgehead atoms. The first-order valence-corrected chi connectivity index (χ1v) is 11.8. The average Bonchev–Trinajstić information content (AvgIpc) is 3.42. The zero-order valence-electron chi connectivity index (χ0n) is 17.8. The second kappa shape index (κ2) is 8.13. The van der Waals surface area contributed by atoms with Crippen molar-refractivity contribution in [1.82, 2.24) is 19.6 Å². The molecule has 0 fully saturated rings. The minimum atomic E-state index is -3.83. The number of aromatic nitrogens is 4. The van der Waals surface area contributed by atoms with E-state index in [1.807, 2.05) is 24.3 Å². The first-order valence-electron chi connectivity index (χ1n) is 9.89. The fraction of sp³-hybridized carbons (Fsp3) is 0.263. The van der Waals surface area contributed by atoms with Gasteiger partial charge in [-0.25, -0.2) is 8.42 Å². The molecule has 0 saturated heterocycles. The minimum absolute atomic E-state index is 0.00578. The largest absolute Gasteiger partial charge is 0.668 e. The third-order valence-corrected chi connectivity index (χ3v) is 7.50. The van der Waals surface area contributed by atoms with Crippen molar-refractivity contribution < 1.29 is 27.9 Å². The molecule has 0 saturated carbocycles. The highest BCUT2D eigenvalue weighted by atomic mass is 32.2. The second-order valence-electron chi connectivity index (χ2n) is 7.82. The Kier molecular flexibility index (Phi) is 5.60. The third kappa shape index (κ3) is 4.53. The maximum absolute atomic E-state index is 12.7. The average molecular weight is 474 g/mol. The molecule has 33 heavy (non-hydrogen) atoms. The first kappa shape index (κ1) is 22.7. The van der Waals surface area contributed by atoms with E-state index in [4.69, 9.17) is 4.65 Å². The molecule has 12 nitrogen and oxygen atoms in total. The molecule has 2 aromatic heterocycles. The number of benzene rings is 1. The van der Waals surface area contributed by atoms with E-state index >= 15 is 0 Å². The maximum Gasteiger partial charge on any atom is 0.668 e. The van der Waals surface area contributed by atoms with Crippen molar-refractivity contribution in [2.24, 2.45) is 5.16 Å². The van der Waals surface area contributed by atoms with Gasteiger partial charge in [0.1, 0.15) is 4.75 Å². The van der Waals surface area contributed by atoms with Crippen LogP contribution >= 0.6 is 0 Å². The zero-order chi connectivity index (χ0) is 23.9. The van der Waals surface area contributed by atoms with Crippen LogP contribution in [0.15, 0.2) is 64.9 Å². The van der Waals surface area contributed by atoms with Crippen molar-refractivity contribution >= 4 is 22.7 Å². The Morgan fingerprint density at radius 2 is 1.76 bits per heavy atom. The van der Waals surface area contributed by atoms with E-state index in [2.05, 4.69) is 20.1 Å². The lowest BCUT2D eigenvalue weighted by atomic mass is 10.0. The Hall–Kier alpha value is -3.49.